The molecular formula is C10H12ClNO2. The van der Waals surface area contributed by atoms with E-state index in [-0.39, 0.29) is 12.3 Å². The maximum absolute atomic E-state index is 11.4. The average molecular weight is 214 g/mol. The summed E-state index contributed by atoms with van der Waals surface area (Å²) in [6, 6.07) is 3.48. The normalized spacial score (nSPS) is 10.0. The summed E-state index contributed by atoms with van der Waals surface area (Å²) in [6.45, 7) is 1.82. The quantitative estimate of drug-likeness (QED) is 0.779. The van der Waals surface area contributed by atoms with Gasteiger partial charge in [-0.25, -0.2) is 0 Å². The van der Waals surface area contributed by atoms with Crippen LogP contribution in [0.3, 0.4) is 0 Å². The molecule has 0 aromatic heterocycles. The van der Waals surface area contributed by atoms with E-state index in [0.29, 0.717) is 16.3 Å². The van der Waals surface area contributed by atoms with Crippen molar-refractivity contribution in [2.24, 2.45) is 5.73 Å². The first-order chi connectivity index (χ1) is 6.60. The number of Topliss-reactive ketones (excluding diaryl/α,β-unsaturated/α-hetero) is 1. The predicted molar refractivity (Wildman–Crippen MR) is 56.1 cm³/mol. The Kier molecular flexibility index (Phi) is 3.49. The lowest BCUT2D eigenvalue weighted by atomic mass is 10.1. The maximum atomic E-state index is 11.4. The van der Waals surface area contributed by atoms with Gasteiger partial charge in [-0.2, -0.15) is 0 Å². The first kappa shape index (κ1) is 11.0. The van der Waals surface area contributed by atoms with E-state index in [1.165, 1.54) is 7.11 Å². The lowest BCUT2D eigenvalue weighted by molar-refractivity contribution is 0.100. The van der Waals surface area contributed by atoms with E-state index in [9.17, 15) is 4.79 Å². The van der Waals surface area contributed by atoms with Crippen molar-refractivity contribution in [3.63, 3.8) is 0 Å². The average Bonchev–Trinajstić information content (AvgIpc) is 2.19. The molecule has 2 N–H and O–H groups in total. The number of hydrogen-bond acceptors (Lipinski definition) is 3. The van der Waals surface area contributed by atoms with Gasteiger partial charge in [-0.15, -0.1) is 0 Å². The van der Waals surface area contributed by atoms with E-state index in [1.54, 1.807) is 12.1 Å². The highest BCUT2D eigenvalue weighted by atomic mass is 35.5. The first-order valence-corrected chi connectivity index (χ1v) is 4.55. The number of hydrogen-bond donors (Lipinski definition) is 1. The van der Waals surface area contributed by atoms with Crippen LogP contribution in [0.1, 0.15) is 15.9 Å². The van der Waals surface area contributed by atoms with Gasteiger partial charge < -0.3 is 10.5 Å². The summed E-state index contributed by atoms with van der Waals surface area (Å²) >= 11 is 5.95. The van der Waals surface area contributed by atoms with Crippen LogP contribution in [0.4, 0.5) is 0 Å². The number of nitrogens with two attached hydrogens (primary N) is 1. The van der Waals surface area contributed by atoms with E-state index in [1.807, 2.05) is 6.92 Å². The third-order valence-electron chi connectivity index (χ3n) is 1.89. The molecule has 0 radical (unpaired) electrons. The van der Waals surface area contributed by atoms with Gasteiger partial charge in [0.2, 0.25) is 0 Å². The maximum Gasteiger partial charge on any atom is 0.178 e. The fourth-order valence-corrected chi connectivity index (χ4v) is 1.49. The molecule has 0 atom stereocenters. The number of carbonyl (C=O) groups is 1. The molecule has 0 aliphatic rings. The van der Waals surface area contributed by atoms with Crippen molar-refractivity contribution in [2.75, 3.05) is 13.7 Å². The highest BCUT2D eigenvalue weighted by molar-refractivity contribution is 6.35. The summed E-state index contributed by atoms with van der Waals surface area (Å²) in [7, 11) is 1.51. The van der Waals surface area contributed by atoms with Gasteiger partial charge in [0.15, 0.2) is 5.78 Å². The van der Waals surface area contributed by atoms with Crippen LogP contribution in [-0.4, -0.2) is 19.4 Å². The van der Waals surface area contributed by atoms with Crippen LogP contribution in [-0.2, 0) is 0 Å². The van der Waals surface area contributed by atoms with Gasteiger partial charge in [-0.05, 0) is 24.6 Å². The fraction of sp³-hybridized carbons (Fsp3) is 0.300. The zero-order valence-electron chi connectivity index (χ0n) is 8.13. The minimum absolute atomic E-state index is 0.0493. The number of halogens is 1. The van der Waals surface area contributed by atoms with Gasteiger partial charge in [0.25, 0.3) is 0 Å². The minimum atomic E-state index is -0.183. The van der Waals surface area contributed by atoms with Crippen molar-refractivity contribution in [1.82, 2.24) is 0 Å². The van der Waals surface area contributed by atoms with Crippen molar-refractivity contribution in [3.8, 4) is 5.75 Å². The molecule has 0 bridgehead atoms. The van der Waals surface area contributed by atoms with E-state index < -0.39 is 0 Å². The molecule has 3 nitrogen and oxygen atoms in total. The largest absolute Gasteiger partial charge is 0.495 e. The molecule has 4 heteroatoms. The van der Waals surface area contributed by atoms with Crippen LogP contribution in [0.5, 0.6) is 5.75 Å². The molecule has 76 valence electrons. The molecule has 0 aliphatic carbocycles. The third-order valence-corrected chi connectivity index (χ3v) is 2.28. The van der Waals surface area contributed by atoms with Crippen LogP contribution in [0.15, 0.2) is 12.1 Å². The lowest BCUT2D eigenvalue weighted by Crippen LogP contribution is -2.14. The van der Waals surface area contributed by atoms with Gasteiger partial charge in [0.1, 0.15) is 5.75 Å². The van der Waals surface area contributed by atoms with Crippen molar-refractivity contribution in [1.29, 1.82) is 0 Å². The highest BCUT2D eigenvalue weighted by Gasteiger charge is 2.13. The Morgan fingerprint density at radius 3 is 2.71 bits per heavy atom. The van der Waals surface area contributed by atoms with Crippen LogP contribution in [0, 0.1) is 6.92 Å². The SMILES string of the molecule is COc1cc(C)cc(C(=O)CN)c1Cl. The third kappa shape index (κ3) is 2.05. The molecule has 0 saturated carbocycles. The summed E-state index contributed by atoms with van der Waals surface area (Å²) in [6.07, 6.45) is 0. The van der Waals surface area contributed by atoms with E-state index in [4.69, 9.17) is 22.1 Å². The first-order valence-electron chi connectivity index (χ1n) is 4.17. The zero-order valence-corrected chi connectivity index (χ0v) is 8.89. The van der Waals surface area contributed by atoms with E-state index in [2.05, 4.69) is 0 Å². The summed E-state index contributed by atoms with van der Waals surface area (Å²) in [4.78, 5) is 11.4. The van der Waals surface area contributed by atoms with Crippen molar-refractivity contribution in [3.05, 3.63) is 28.3 Å². The van der Waals surface area contributed by atoms with Gasteiger partial charge in [-0.1, -0.05) is 11.6 Å². The molecule has 0 amide bonds. The molecule has 14 heavy (non-hydrogen) atoms. The topological polar surface area (TPSA) is 52.3 Å². The van der Waals surface area contributed by atoms with Crippen LogP contribution >= 0.6 is 11.6 Å². The number of aryl methyl sites for hydroxylation is 1. The molecule has 0 spiro atoms. The number of carbonyl (C=O) groups excluding carboxylic acids is 1. The van der Waals surface area contributed by atoms with Gasteiger partial charge in [0, 0.05) is 5.56 Å². The standard InChI is InChI=1S/C10H12ClNO2/c1-6-3-7(8(13)5-12)10(11)9(4-6)14-2/h3-4H,5,12H2,1-2H3. The van der Waals surface area contributed by atoms with Crippen LogP contribution in [0.2, 0.25) is 5.02 Å². The Hall–Kier alpha value is -1.06. The Balaban J connectivity index is 3.29. The molecular weight excluding hydrogens is 202 g/mol. The summed E-state index contributed by atoms with van der Waals surface area (Å²) < 4.78 is 5.04. The van der Waals surface area contributed by atoms with Gasteiger partial charge in [0.05, 0.1) is 18.7 Å². The Bertz CT molecular complexity index is 363. The summed E-state index contributed by atoms with van der Waals surface area (Å²) in [5.41, 5.74) is 6.61. The molecule has 0 heterocycles. The number of ketones is 1. The van der Waals surface area contributed by atoms with Crippen molar-refractivity contribution in [2.45, 2.75) is 6.92 Å². The minimum Gasteiger partial charge on any atom is -0.495 e. The number of methoxy groups -OCH3 is 1. The smallest absolute Gasteiger partial charge is 0.178 e. The Morgan fingerprint density at radius 1 is 1.57 bits per heavy atom. The van der Waals surface area contributed by atoms with E-state index >= 15 is 0 Å². The summed E-state index contributed by atoms with van der Waals surface area (Å²) in [5.74, 6) is 0.320. The second-order valence-corrected chi connectivity index (χ2v) is 3.33. The number of ether oxygens (including phenoxy) is 1. The fourth-order valence-electron chi connectivity index (χ4n) is 1.20. The predicted octanol–water partition coefficient (Wildman–Crippen LogP) is 1.80. The van der Waals surface area contributed by atoms with Crippen LogP contribution in [0.25, 0.3) is 0 Å². The second-order valence-electron chi connectivity index (χ2n) is 2.96. The van der Waals surface area contributed by atoms with E-state index in [0.717, 1.165) is 5.56 Å². The highest BCUT2D eigenvalue weighted by Crippen LogP contribution is 2.29. The zero-order chi connectivity index (χ0) is 10.7. The second kappa shape index (κ2) is 4.44. The number of benzene rings is 1. The molecule has 1 aromatic rings. The van der Waals surface area contributed by atoms with Crippen molar-refractivity contribution < 1.29 is 9.53 Å². The lowest BCUT2D eigenvalue weighted by Gasteiger charge is -2.08. The molecule has 0 unspecified atom stereocenters. The Morgan fingerprint density at radius 2 is 2.21 bits per heavy atom. The van der Waals surface area contributed by atoms with Crippen molar-refractivity contribution >= 4 is 17.4 Å². The molecule has 1 aromatic carbocycles. The van der Waals surface area contributed by atoms with Gasteiger partial charge >= 0.3 is 0 Å². The number of rotatable bonds is 3. The Labute approximate surface area is 87.8 Å². The van der Waals surface area contributed by atoms with Gasteiger partial charge in [-0.3, -0.25) is 4.79 Å². The molecule has 1 rings (SSSR count). The monoisotopic (exact) mass is 213 g/mol. The summed E-state index contributed by atoms with van der Waals surface area (Å²) in [5, 5.41) is 0.327. The molecule has 0 aliphatic heterocycles. The van der Waals surface area contributed by atoms with Crippen LogP contribution < -0.4 is 10.5 Å². The molecule has 0 saturated heterocycles. The molecule has 0 fully saturated rings.